The maximum absolute atomic E-state index is 12.5. The van der Waals surface area contributed by atoms with Crippen LogP contribution in [0.2, 0.25) is 0 Å². The van der Waals surface area contributed by atoms with Crippen molar-refractivity contribution in [2.24, 2.45) is 13.0 Å². The molecule has 1 aliphatic heterocycles. The van der Waals surface area contributed by atoms with E-state index in [9.17, 15) is 9.59 Å². The molecule has 2 heterocycles. The molecule has 1 fully saturated rings. The lowest BCUT2D eigenvalue weighted by atomic mass is 9.97. The second-order valence-corrected chi connectivity index (χ2v) is 6.15. The summed E-state index contributed by atoms with van der Waals surface area (Å²) < 4.78 is 6.63. The van der Waals surface area contributed by atoms with E-state index in [0.29, 0.717) is 44.0 Å². The third-order valence-corrected chi connectivity index (χ3v) is 4.39. The van der Waals surface area contributed by atoms with Gasteiger partial charge in [-0.2, -0.15) is 0 Å². The Balaban J connectivity index is 1.59. The number of aryl methyl sites for hydroxylation is 1. The first-order valence-electron chi connectivity index (χ1n) is 8.64. The Labute approximate surface area is 151 Å². The van der Waals surface area contributed by atoms with Crippen molar-refractivity contribution in [2.75, 3.05) is 25.0 Å². The number of rotatable bonds is 4. The molecule has 1 aromatic heterocycles. The molecule has 1 saturated heterocycles. The summed E-state index contributed by atoms with van der Waals surface area (Å²) in [7, 11) is 1.76. The third kappa shape index (κ3) is 3.98. The molecular weight excluding hydrogens is 336 g/mol. The van der Waals surface area contributed by atoms with Crippen LogP contribution < -0.4 is 5.32 Å². The van der Waals surface area contributed by atoms with E-state index in [-0.39, 0.29) is 17.9 Å². The molecule has 2 aromatic rings. The molecule has 1 aliphatic rings. The fraction of sp³-hybridized carbons (Fsp3) is 0.471. The van der Waals surface area contributed by atoms with E-state index >= 15 is 0 Å². The van der Waals surface area contributed by atoms with E-state index < -0.39 is 0 Å². The van der Waals surface area contributed by atoms with Crippen LogP contribution in [-0.2, 0) is 16.6 Å². The first-order valence-corrected chi connectivity index (χ1v) is 8.64. The van der Waals surface area contributed by atoms with Gasteiger partial charge in [-0.05, 0) is 42.3 Å². The van der Waals surface area contributed by atoms with Crippen LogP contribution in [0.1, 0.15) is 19.8 Å². The van der Waals surface area contributed by atoms with E-state index in [1.54, 1.807) is 23.6 Å². The fourth-order valence-corrected chi connectivity index (χ4v) is 2.99. The molecule has 0 spiro atoms. The Morgan fingerprint density at radius 3 is 2.73 bits per heavy atom. The molecule has 0 saturated carbocycles. The molecule has 2 amide bonds. The number of benzene rings is 1. The smallest absolute Gasteiger partial charge is 0.321 e. The summed E-state index contributed by atoms with van der Waals surface area (Å²) in [6, 6.07) is 7.19. The Bertz CT molecular complexity index is 782. The lowest BCUT2D eigenvalue weighted by Crippen LogP contribution is -2.42. The van der Waals surface area contributed by atoms with Gasteiger partial charge in [0.05, 0.1) is 12.5 Å². The second-order valence-electron chi connectivity index (χ2n) is 6.15. The summed E-state index contributed by atoms with van der Waals surface area (Å²) >= 11 is 0. The quantitative estimate of drug-likeness (QED) is 0.835. The highest BCUT2D eigenvalue weighted by Gasteiger charge is 2.28. The van der Waals surface area contributed by atoms with Crippen molar-refractivity contribution in [1.29, 1.82) is 0 Å². The van der Waals surface area contributed by atoms with Gasteiger partial charge < -0.3 is 15.0 Å². The van der Waals surface area contributed by atoms with Crippen LogP contribution in [0.4, 0.5) is 10.5 Å². The molecule has 26 heavy (non-hydrogen) atoms. The highest BCUT2D eigenvalue weighted by Crippen LogP contribution is 2.22. The van der Waals surface area contributed by atoms with E-state index in [4.69, 9.17) is 4.74 Å². The number of nitrogens with one attached hydrogen (secondary N) is 1. The van der Waals surface area contributed by atoms with Gasteiger partial charge >= 0.3 is 12.0 Å². The van der Waals surface area contributed by atoms with Crippen LogP contribution in [0.3, 0.4) is 0 Å². The average Bonchev–Trinajstić information content (AvgIpc) is 3.08. The standard InChI is InChI=1S/C17H22N6O3/c1-3-26-16(24)12-7-9-23(10-8-12)17(25)18-14-6-4-5-13(11-14)15-19-20-21-22(15)2/h4-6,11-12H,3,7-10H2,1-2H3,(H,18,25). The van der Waals surface area contributed by atoms with E-state index in [0.717, 1.165) is 5.56 Å². The molecular formula is C17H22N6O3. The predicted octanol–water partition coefficient (Wildman–Crippen LogP) is 1.68. The van der Waals surface area contributed by atoms with Crippen molar-refractivity contribution in [3.05, 3.63) is 24.3 Å². The molecule has 0 radical (unpaired) electrons. The Morgan fingerprint density at radius 2 is 2.08 bits per heavy atom. The zero-order valence-corrected chi connectivity index (χ0v) is 14.9. The predicted molar refractivity (Wildman–Crippen MR) is 94.2 cm³/mol. The normalized spacial score (nSPS) is 14.9. The number of piperidine rings is 1. The van der Waals surface area contributed by atoms with Gasteiger partial charge in [-0.1, -0.05) is 12.1 Å². The number of urea groups is 1. The Hall–Kier alpha value is -2.97. The molecule has 0 bridgehead atoms. The number of tetrazole rings is 1. The first-order chi connectivity index (χ1) is 12.6. The molecule has 0 atom stereocenters. The van der Waals surface area contributed by atoms with Crippen molar-refractivity contribution in [3.63, 3.8) is 0 Å². The molecule has 3 rings (SSSR count). The number of carbonyl (C=O) groups is 2. The number of ether oxygens (including phenoxy) is 1. The summed E-state index contributed by atoms with van der Waals surface area (Å²) in [5.41, 5.74) is 1.49. The van der Waals surface area contributed by atoms with Crippen molar-refractivity contribution < 1.29 is 14.3 Å². The van der Waals surface area contributed by atoms with E-state index in [2.05, 4.69) is 20.8 Å². The van der Waals surface area contributed by atoms with Gasteiger partial charge in [-0.3, -0.25) is 4.79 Å². The van der Waals surface area contributed by atoms with Crippen LogP contribution in [-0.4, -0.2) is 56.8 Å². The van der Waals surface area contributed by atoms with Gasteiger partial charge in [0, 0.05) is 31.4 Å². The second kappa shape index (κ2) is 7.94. The minimum atomic E-state index is -0.180. The summed E-state index contributed by atoms with van der Waals surface area (Å²) in [5, 5.41) is 14.3. The van der Waals surface area contributed by atoms with Gasteiger partial charge in [0.25, 0.3) is 0 Å². The highest BCUT2D eigenvalue weighted by molar-refractivity contribution is 5.90. The molecule has 1 N–H and O–H groups in total. The molecule has 0 aliphatic carbocycles. The lowest BCUT2D eigenvalue weighted by Gasteiger charge is -2.30. The third-order valence-electron chi connectivity index (χ3n) is 4.39. The lowest BCUT2D eigenvalue weighted by molar-refractivity contribution is -0.149. The highest BCUT2D eigenvalue weighted by atomic mass is 16.5. The number of hydrogen-bond donors (Lipinski definition) is 1. The van der Waals surface area contributed by atoms with Crippen LogP contribution in [0.25, 0.3) is 11.4 Å². The number of carbonyl (C=O) groups excluding carboxylic acids is 2. The van der Waals surface area contributed by atoms with Gasteiger partial charge in [0.1, 0.15) is 0 Å². The number of esters is 1. The molecule has 9 heteroatoms. The maximum Gasteiger partial charge on any atom is 0.321 e. The maximum atomic E-state index is 12.5. The number of likely N-dealkylation sites (tertiary alicyclic amines) is 1. The minimum Gasteiger partial charge on any atom is -0.466 e. The molecule has 9 nitrogen and oxygen atoms in total. The van der Waals surface area contributed by atoms with E-state index in [1.807, 2.05) is 24.3 Å². The Morgan fingerprint density at radius 1 is 1.31 bits per heavy atom. The van der Waals surface area contributed by atoms with Crippen molar-refractivity contribution in [1.82, 2.24) is 25.1 Å². The summed E-state index contributed by atoms with van der Waals surface area (Å²) in [6.45, 7) is 3.24. The minimum absolute atomic E-state index is 0.120. The van der Waals surface area contributed by atoms with Crippen molar-refractivity contribution in [2.45, 2.75) is 19.8 Å². The number of aromatic nitrogens is 4. The van der Waals surface area contributed by atoms with Gasteiger partial charge in [-0.25, -0.2) is 9.48 Å². The average molecular weight is 358 g/mol. The number of nitrogens with zero attached hydrogens (tertiary/aromatic N) is 5. The molecule has 138 valence electrons. The monoisotopic (exact) mass is 358 g/mol. The van der Waals surface area contributed by atoms with Crippen LogP contribution >= 0.6 is 0 Å². The fourth-order valence-electron chi connectivity index (χ4n) is 2.99. The van der Waals surface area contributed by atoms with Gasteiger partial charge in [0.2, 0.25) is 0 Å². The largest absolute Gasteiger partial charge is 0.466 e. The summed E-state index contributed by atoms with van der Waals surface area (Å²) in [4.78, 5) is 26.0. The first kappa shape index (κ1) is 17.8. The van der Waals surface area contributed by atoms with Crippen molar-refractivity contribution in [3.8, 4) is 11.4 Å². The summed E-state index contributed by atoms with van der Waals surface area (Å²) in [5.74, 6) is 0.333. The van der Waals surface area contributed by atoms with Gasteiger partial charge in [0.15, 0.2) is 5.82 Å². The van der Waals surface area contributed by atoms with Crippen molar-refractivity contribution >= 4 is 17.7 Å². The van der Waals surface area contributed by atoms with E-state index in [1.165, 1.54) is 0 Å². The Kier molecular flexibility index (Phi) is 5.45. The summed E-state index contributed by atoms with van der Waals surface area (Å²) in [6.07, 6.45) is 1.24. The van der Waals surface area contributed by atoms with Crippen LogP contribution in [0.15, 0.2) is 24.3 Å². The topological polar surface area (TPSA) is 102 Å². The number of hydrogen-bond acceptors (Lipinski definition) is 6. The molecule has 1 aromatic carbocycles. The zero-order valence-electron chi connectivity index (χ0n) is 14.9. The number of anilines is 1. The zero-order chi connectivity index (χ0) is 18.5. The SMILES string of the molecule is CCOC(=O)C1CCN(C(=O)Nc2cccc(-c3nnnn3C)c2)CC1. The van der Waals surface area contributed by atoms with Crippen LogP contribution in [0, 0.1) is 5.92 Å². The van der Waals surface area contributed by atoms with Gasteiger partial charge in [-0.15, -0.1) is 5.10 Å². The molecule has 0 unspecified atom stereocenters. The number of amides is 2. The van der Waals surface area contributed by atoms with Crippen LogP contribution in [0.5, 0.6) is 0 Å².